The van der Waals surface area contributed by atoms with Crippen molar-refractivity contribution in [1.82, 2.24) is 4.57 Å². The Morgan fingerprint density at radius 3 is 2.35 bits per heavy atom. The number of aldehydes is 1. The Hall–Kier alpha value is -1.17. The molecule has 0 aromatic rings. The van der Waals surface area contributed by atoms with Crippen molar-refractivity contribution in [2.75, 3.05) is 0 Å². The highest BCUT2D eigenvalue weighted by atomic mass is 28.3. The fourth-order valence-electron chi connectivity index (χ4n) is 2.52. The van der Waals surface area contributed by atoms with Crippen molar-refractivity contribution in [1.29, 1.82) is 0 Å². The van der Waals surface area contributed by atoms with E-state index < -0.39 is 26.2 Å². The molecule has 1 fully saturated rings. The van der Waals surface area contributed by atoms with Crippen LogP contribution in [0.15, 0.2) is 0 Å². The molecule has 1 saturated heterocycles. The van der Waals surface area contributed by atoms with Crippen LogP contribution in [0.5, 0.6) is 0 Å². The summed E-state index contributed by atoms with van der Waals surface area (Å²) in [6.07, 6.45) is 2.26. The van der Waals surface area contributed by atoms with Gasteiger partial charge in [0.1, 0.15) is 12.3 Å². The summed E-state index contributed by atoms with van der Waals surface area (Å²) in [5, 5.41) is 9.36. The van der Waals surface area contributed by atoms with Crippen molar-refractivity contribution >= 4 is 26.4 Å². The van der Waals surface area contributed by atoms with Crippen LogP contribution in [0.2, 0.25) is 18.1 Å². The second-order valence-electron chi connectivity index (χ2n) is 7.00. The van der Waals surface area contributed by atoms with Crippen molar-refractivity contribution in [2.24, 2.45) is 5.92 Å². The Morgan fingerprint density at radius 2 is 1.95 bits per heavy atom. The average Bonchev–Trinajstić information content (AvgIpc) is 2.28. The minimum Gasteiger partial charge on any atom is -0.480 e. The third kappa shape index (κ3) is 2.80. The fourth-order valence-corrected chi connectivity index (χ4v) is 4.94. The quantitative estimate of drug-likeness (QED) is 0.353. The first-order valence-corrected chi connectivity index (χ1v) is 10.00. The molecule has 0 radical (unpaired) electrons. The molecule has 0 aromatic heterocycles. The van der Waals surface area contributed by atoms with Crippen molar-refractivity contribution in [3.63, 3.8) is 0 Å². The van der Waals surface area contributed by atoms with Gasteiger partial charge >= 0.3 is 5.97 Å². The molecule has 1 N–H and O–H groups in total. The number of nitrogens with zero attached hydrogens (tertiary/aromatic N) is 1. The van der Waals surface area contributed by atoms with Gasteiger partial charge in [-0.25, -0.2) is 4.79 Å². The number of hydrogen-bond donors (Lipinski definition) is 1. The predicted octanol–water partition coefficient (Wildman–Crippen LogP) is 2.27. The van der Waals surface area contributed by atoms with E-state index in [1.165, 1.54) is 0 Å². The van der Waals surface area contributed by atoms with E-state index in [1.807, 2.05) is 13.1 Å². The van der Waals surface area contributed by atoms with Gasteiger partial charge in [-0.1, -0.05) is 33.9 Å². The van der Waals surface area contributed by atoms with Crippen LogP contribution in [0, 0.1) is 5.92 Å². The van der Waals surface area contributed by atoms with Crippen LogP contribution >= 0.6 is 0 Å². The summed E-state index contributed by atoms with van der Waals surface area (Å²) in [6, 6.07) is -0.713. The zero-order chi connectivity index (χ0) is 15.7. The summed E-state index contributed by atoms with van der Waals surface area (Å²) in [5.41, 5.74) is 0. The van der Waals surface area contributed by atoms with Crippen molar-refractivity contribution in [3.8, 4) is 0 Å². The summed E-state index contributed by atoms with van der Waals surface area (Å²) in [6.45, 7) is 10.3. The van der Waals surface area contributed by atoms with E-state index in [1.54, 1.807) is 4.57 Å². The van der Waals surface area contributed by atoms with Crippen LogP contribution in [0.3, 0.4) is 0 Å². The lowest BCUT2D eigenvalue weighted by atomic mass is 9.86. The third-order valence-corrected chi connectivity index (χ3v) is 10.1. The van der Waals surface area contributed by atoms with Crippen LogP contribution in [0.1, 0.15) is 40.0 Å². The molecule has 0 aliphatic carbocycles. The van der Waals surface area contributed by atoms with Gasteiger partial charge in [0.15, 0.2) is 8.24 Å². The number of β-lactam (4-membered cyclic amide) rings is 1. The molecule has 1 aliphatic rings. The number of hydrogen-bond acceptors (Lipinski definition) is 3. The largest absolute Gasteiger partial charge is 0.480 e. The highest BCUT2D eigenvalue weighted by Gasteiger charge is 2.59. The second-order valence-corrected chi connectivity index (χ2v) is 12.1. The Bertz CT molecular complexity index is 414. The minimum absolute atomic E-state index is 0.0464. The van der Waals surface area contributed by atoms with Gasteiger partial charge in [0.05, 0.1) is 5.92 Å². The van der Waals surface area contributed by atoms with Gasteiger partial charge < -0.3 is 14.5 Å². The van der Waals surface area contributed by atoms with Gasteiger partial charge in [0.2, 0.25) is 5.91 Å². The first-order valence-electron chi connectivity index (χ1n) is 7.05. The maximum absolute atomic E-state index is 12.4. The van der Waals surface area contributed by atoms with Gasteiger partial charge in [-0.05, 0) is 17.9 Å². The Labute approximate surface area is 121 Å². The Balaban J connectivity index is 2.92. The molecule has 1 heterocycles. The molecule has 6 heteroatoms. The first kappa shape index (κ1) is 16.9. The highest BCUT2D eigenvalue weighted by Crippen LogP contribution is 2.45. The normalized spacial score (nSPS) is 23.4. The monoisotopic (exact) mass is 299 g/mol. The molecule has 20 heavy (non-hydrogen) atoms. The standard InChI is InChI=1S/C14H25NO4Si/c1-14(2,3)20(4,5)15-11(13(18)19)10(12(15)17)8-6-7-9-16/h9-11H,6-8H2,1-5H3,(H,18,19). The van der Waals surface area contributed by atoms with Gasteiger partial charge in [0.25, 0.3) is 0 Å². The number of unbranched alkanes of at least 4 members (excludes halogenated alkanes) is 1. The molecular formula is C14H25NO4Si. The van der Waals surface area contributed by atoms with E-state index in [0.29, 0.717) is 19.3 Å². The summed E-state index contributed by atoms with van der Waals surface area (Å²) in [7, 11) is -2.17. The summed E-state index contributed by atoms with van der Waals surface area (Å²) >= 11 is 0. The van der Waals surface area contributed by atoms with E-state index in [-0.39, 0.29) is 10.9 Å². The van der Waals surface area contributed by atoms with Crippen molar-refractivity contribution < 1.29 is 19.5 Å². The molecule has 0 spiro atoms. The van der Waals surface area contributed by atoms with Gasteiger partial charge in [0, 0.05) is 6.42 Å². The van der Waals surface area contributed by atoms with Gasteiger partial charge in [-0.2, -0.15) is 0 Å². The number of rotatable bonds is 6. The number of aliphatic carboxylic acids is 1. The van der Waals surface area contributed by atoms with Crippen LogP contribution in [-0.2, 0) is 14.4 Å². The maximum atomic E-state index is 12.4. The molecule has 0 saturated carbocycles. The van der Waals surface area contributed by atoms with Crippen LogP contribution in [0.25, 0.3) is 0 Å². The Kier molecular flexibility index (Phi) is 4.79. The highest BCUT2D eigenvalue weighted by molar-refractivity contribution is 6.80. The van der Waals surface area contributed by atoms with Gasteiger partial charge in [-0.3, -0.25) is 4.79 Å². The average molecular weight is 299 g/mol. The lowest BCUT2D eigenvalue weighted by Crippen LogP contribution is -2.74. The third-order valence-electron chi connectivity index (χ3n) is 4.74. The Morgan fingerprint density at radius 1 is 1.40 bits per heavy atom. The number of carbonyl (C=O) groups is 3. The number of carbonyl (C=O) groups excluding carboxylic acids is 2. The summed E-state index contributed by atoms with van der Waals surface area (Å²) in [4.78, 5) is 34.2. The zero-order valence-corrected chi connectivity index (χ0v) is 14.0. The van der Waals surface area contributed by atoms with E-state index in [0.717, 1.165) is 6.29 Å². The molecule has 1 rings (SSSR count). The molecule has 2 unspecified atom stereocenters. The van der Waals surface area contributed by atoms with E-state index in [4.69, 9.17) is 0 Å². The minimum atomic E-state index is -2.17. The van der Waals surface area contributed by atoms with Crippen LogP contribution in [-0.4, -0.2) is 42.1 Å². The molecule has 5 nitrogen and oxygen atoms in total. The first-order chi connectivity index (χ1) is 9.05. The van der Waals surface area contributed by atoms with Gasteiger partial charge in [-0.15, -0.1) is 0 Å². The molecular weight excluding hydrogens is 274 g/mol. The molecule has 1 aliphatic heterocycles. The molecule has 2 atom stereocenters. The van der Waals surface area contributed by atoms with E-state index >= 15 is 0 Å². The summed E-state index contributed by atoms with van der Waals surface area (Å²) in [5.74, 6) is -1.43. The van der Waals surface area contributed by atoms with Crippen LogP contribution < -0.4 is 0 Å². The maximum Gasteiger partial charge on any atom is 0.326 e. The lowest BCUT2D eigenvalue weighted by molar-refractivity contribution is -0.164. The van der Waals surface area contributed by atoms with Crippen molar-refractivity contribution in [3.05, 3.63) is 0 Å². The SMILES string of the molecule is CC(C)(C)[Si](C)(C)N1C(=O)C(CCCC=O)C1C(=O)O. The molecule has 0 bridgehead atoms. The van der Waals surface area contributed by atoms with Crippen LogP contribution in [0.4, 0.5) is 0 Å². The van der Waals surface area contributed by atoms with E-state index in [2.05, 4.69) is 20.8 Å². The second kappa shape index (κ2) is 5.67. The lowest BCUT2D eigenvalue weighted by Gasteiger charge is -2.56. The molecule has 114 valence electrons. The fraction of sp³-hybridized carbons (Fsp3) is 0.786. The predicted molar refractivity (Wildman–Crippen MR) is 78.9 cm³/mol. The summed E-state index contributed by atoms with van der Waals surface area (Å²) < 4.78 is 1.64. The molecule has 1 amide bonds. The topological polar surface area (TPSA) is 74.7 Å². The smallest absolute Gasteiger partial charge is 0.326 e. The number of amides is 1. The number of carboxylic acid groups (broad SMARTS) is 1. The number of carboxylic acids is 1. The van der Waals surface area contributed by atoms with E-state index in [9.17, 15) is 19.5 Å². The van der Waals surface area contributed by atoms with Crippen molar-refractivity contribution in [2.45, 2.75) is 64.2 Å². The zero-order valence-electron chi connectivity index (χ0n) is 13.0. The molecule has 0 aromatic carbocycles.